The molecule has 5 rings (SSSR count). The lowest BCUT2D eigenvalue weighted by Crippen LogP contribution is -2.43. The van der Waals surface area contributed by atoms with Crippen LogP contribution in [0.15, 0.2) is 72.9 Å². The van der Waals surface area contributed by atoms with E-state index < -0.39 is 40.7 Å². The molecule has 0 saturated carbocycles. The first-order chi connectivity index (χ1) is 15.1. The number of para-hydroxylation sites is 2. The van der Waals surface area contributed by atoms with Crippen LogP contribution < -0.4 is 9.47 Å². The summed E-state index contributed by atoms with van der Waals surface area (Å²) >= 11 is 0. The van der Waals surface area contributed by atoms with Gasteiger partial charge in [0.15, 0.2) is 11.5 Å². The predicted molar refractivity (Wildman–Crippen MR) is 103 cm³/mol. The number of benzene rings is 3. The molecular weight excluding hydrogens is 435 g/mol. The number of alkyl halides is 5. The zero-order valence-electron chi connectivity index (χ0n) is 16.0. The number of rotatable bonds is 3. The Balaban J connectivity index is 1.68. The van der Waals surface area contributed by atoms with Gasteiger partial charge >= 0.3 is 12.5 Å². The van der Waals surface area contributed by atoms with Gasteiger partial charge in [0.25, 0.3) is 0 Å². The first kappa shape index (κ1) is 20.3. The molecule has 2 heterocycles. The minimum absolute atomic E-state index is 0.309. The highest BCUT2D eigenvalue weighted by molar-refractivity contribution is 5.81. The first-order valence-corrected chi connectivity index (χ1v) is 9.32. The van der Waals surface area contributed by atoms with Crippen LogP contribution in [0.3, 0.4) is 0 Å². The van der Waals surface area contributed by atoms with Crippen LogP contribution >= 0.6 is 0 Å². The highest BCUT2D eigenvalue weighted by Gasteiger charge is 2.59. The zero-order valence-corrected chi connectivity index (χ0v) is 16.0. The molecular formula is C22H13F5N2O3. The van der Waals surface area contributed by atoms with Crippen molar-refractivity contribution in [3.63, 3.8) is 0 Å². The third-order valence-corrected chi connectivity index (χ3v) is 5.22. The molecule has 0 radical (unpaired) electrons. The van der Waals surface area contributed by atoms with Gasteiger partial charge in [0.2, 0.25) is 5.60 Å². The smallest absolute Gasteiger partial charge is 0.395 e. The molecule has 0 spiro atoms. The summed E-state index contributed by atoms with van der Waals surface area (Å²) in [7, 11) is 0. The number of hydrogen-bond acceptors (Lipinski definition) is 4. The fourth-order valence-electron chi connectivity index (χ4n) is 3.76. The van der Waals surface area contributed by atoms with Crippen molar-refractivity contribution in [2.24, 2.45) is 0 Å². The van der Waals surface area contributed by atoms with E-state index in [9.17, 15) is 27.1 Å². The lowest BCUT2D eigenvalue weighted by atomic mass is 9.84. The molecule has 0 amide bonds. The maximum absolute atomic E-state index is 14.3. The number of halogens is 5. The summed E-state index contributed by atoms with van der Waals surface area (Å²) in [5.74, 6) is -1.48. The van der Waals surface area contributed by atoms with Gasteiger partial charge in [-0.15, -0.1) is 8.78 Å². The second-order valence-electron chi connectivity index (χ2n) is 7.17. The van der Waals surface area contributed by atoms with E-state index in [0.29, 0.717) is 16.6 Å². The third kappa shape index (κ3) is 2.98. The Labute approximate surface area is 177 Å². The van der Waals surface area contributed by atoms with Crippen LogP contribution in [0.4, 0.5) is 22.0 Å². The van der Waals surface area contributed by atoms with E-state index in [-0.39, 0.29) is 0 Å². The molecule has 0 saturated heterocycles. The highest BCUT2D eigenvalue weighted by atomic mass is 19.4. The molecule has 1 atom stereocenters. The molecule has 1 aliphatic heterocycles. The average Bonchev–Trinajstić information content (AvgIpc) is 3.31. The number of aromatic nitrogens is 2. The van der Waals surface area contributed by atoms with Crippen LogP contribution in [0, 0.1) is 0 Å². The van der Waals surface area contributed by atoms with Crippen molar-refractivity contribution < 1.29 is 36.5 Å². The summed E-state index contributed by atoms with van der Waals surface area (Å²) in [6.45, 7) is 0. The molecule has 1 aliphatic rings. The molecule has 0 aliphatic carbocycles. The van der Waals surface area contributed by atoms with Crippen molar-refractivity contribution in [2.45, 2.75) is 18.1 Å². The van der Waals surface area contributed by atoms with Crippen molar-refractivity contribution in [1.29, 1.82) is 0 Å². The highest BCUT2D eigenvalue weighted by Crippen LogP contribution is 2.53. The summed E-state index contributed by atoms with van der Waals surface area (Å²) in [4.78, 5) is 0. The van der Waals surface area contributed by atoms with E-state index in [1.807, 2.05) is 6.07 Å². The molecule has 3 aromatic carbocycles. The molecule has 164 valence electrons. The Morgan fingerprint density at radius 2 is 1.66 bits per heavy atom. The number of hydrogen-bond donors (Lipinski definition) is 1. The van der Waals surface area contributed by atoms with Gasteiger partial charge in [-0.1, -0.05) is 36.4 Å². The van der Waals surface area contributed by atoms with Crippen LogP contribution in [0.1, 0.15) is 11.1 Å². The maximum Gasteiger partial charge on any atom is 0.586 e. The van der Waals surface area contributed by atoms with Gasteiger partial charge in [0.05, 0.1) is 17.4 Å². The van der Waals surface area contributed by atoms with Crippen molar-refractivity contribution in [2.75, 3.05) is 0 Å². The van der Waals surface area contributed by atoms with Crippen LogP contribution in [0.5, 0.6) is 11.5 Å². The van der Waals surface area contributed by atoms with Gasteiger partial charge in [-0.25, -0.2) is 4.68 Å². The van der Waals surface area contributed by atoms with Crippen LogP contribution in [-0.2, 0) is 5.60 Å². The number of ether oxygens (including phenoxy) is 2. The molecule has 1 aromatic heterocycles. The Bertz CT molecular complexity index is 1320. The Kier molecular flexibility index (Phi) is 4.22. The molecule has 5 nitrogen and oxygen atoms in total. The summed E-state index contributed by atoms with van der Waals surface area (Å²) in [5, 5.41) is 15.5. The van der Waals surface area contributed by atoms with E-state index in [1.54, 1.807) is 24.3 Å². The molecule has 1 unspecified atom stereocenters. The normalized spacial score (nSPS) is 16.8. The van der Waals surface area contributed by atoms with Gasteiger partial charge in [-0.2, -0.15) is 18.3 Å². The number of aliphatic hydroxyl groups is 1. The summed E-state index contributed by atoms with van der Waals surface area (Å²) in [5.41, 5.74) is -3.96. The van der Waals surface area contributed by atoms with Crippen molar-refractivity contribution in [3.8, 4) is 17.2 Å². The standard InChI is InChI=1S/C22H13F5N2O3/c23-21(24,25)20(30,16-7-4-8-18-19(16)32-22(26,27)31-18)14-9-10-17-13(11-14)12-28-29(17)15-5-2-1-3-6-15/h1-12,30H. The topological polar surface area (TPSA) is 56.5 Å². The van der Waals surface area contributed by atoms with E-state index >= 15 is 0 Å². The Morgan fingerprint density at radius 3 is 2.38 bits per heavy atom. The largest absolute Gasteiger partial charge is 0.586 e. The molecule has 4 aromatic rings. The Morgan fingerprint density at radius 1 is 0.906 bits per heavy atom. The fourth-order valence-corrected chi connectivity index (χ4v) is 3.76. The summed E-state index contributed by atoms with van der Waals surface area (Å²) in [6.07, 6.45) is -8.07. The van der Waals surface area contributed by atoms with Crippen molar-refractivity contribution in [1.82, 2.24) is 9.78 Å². The quantitative estimate of drug-likeness (QED) is 0.441. The maximum atomic E-state index is 14.3. The minimum atomic E-state index is -5.27. The van der Waals surface area contributed by atoms with E-state index in [4.69, 9.17) is 0 Å². The van der Waals surface area contributed by atoms with E-state index in [2.05, 4.69) is 14.6 Å². The van der Waals surface area contributed by atoms with Crippen LogP contribution in [-0.4, -0.2) is 27.4 Å². The first-order valence-electron chi connectivity index (χ1n) is 9.32. The molecule has 10 heteroatoms. The number of fused-ring (bicyclic) bond motifs is 2. The van der Waals surface area contributed by atoms with Crippen molar-refractivity contribution >= 4 is 10.9 Å². The molecule has 32 heavy (non-hydrogen) atoms. The molecule has 0 fully saturated rings. The van der Waals surface area contributed by atoms with Gasteiger partial charge in [0.1, 0.15) is 0 Å². The van der Waals surface area contributed by atoms with Crippen molar-refractivity contribution in [3.05, 3.63) is 84.1 Å². The summed E-state index contributed by atoms with van der Waals surface area (Å²) < 4.78 is 80.0. The van der Waals surface area contributed by atoms with Gasteiger partial charge in [-0.3, -0.25) is 0 Å². The zero-order chi connectivity index (χ0) is 22.7. The second kappa shape index (κ2) is 6.67. The van der Waals surface area contributed by atoms with Gasteiger partial charge in [0, 0.05) is 10.9 Å². The average molecular weight is 448 g/mol. The van der Waals surface area contributed by atoms with E-state index in [0.717, 1.165) is 30.3 Å². The fraction of sp³-hybridized carbons (Fsp3) is 0.136. The third-order valence-electron chi connectivity index (χ3n) is 5.22. The monoisotopic (exact) mass is 448 g/mol. The molecule has 0 bridgehead atoms. The van der Waals surface area contributed by atoms with Gasteiger partial charge in [-0.05, 0) is 35.9 Å². The predicted octanol–water partition coefficient (Wildman–Crippen LogP) is 5.15. The number of nitrogens with zero attached hydrogens (tertiary/aromatic N) is 2. The molecule has 1 N–H and O–H groups in total. The van der Waals surface area contributed by atoms with Gasteiger partial charge < -0.3 is 14.6 Å². The second-order valence-corrected chi connectivity index (χ2v) is 7.17. The SMILES string of the molecule is OC(c1ccc2c(cnn2-c2ccccc2)c1)(c1cccc2c1OC(F)(F)O2)C(F)(F)F. The van der Waals surface area contributed by atoms with Crippen LogP contribution in [0.25, 0.3) is 16.6 Å². The lowest BCUT2D eigenvalue weighted by Gasteiger charge is -2.32. The minimum Gasteiger partial charge on any atom is -0.395 e. The summed E-state index contributed by atoms with van der Waals surface area (Å²) in [6, 6.07) is 15.5. The van der Waals surface area contributed by atoms with E-state index in [1.165, 1.54) is 16.9 Å². The van der Waals surface area contributed by atoms with Crippen LogP contribution in [0.2, 0.25) is 0 Å². The lowest BCUT2D eigenvalue weighted by molar-refractivity contribution is -0.288. The Hall–Kier alpha value is -3.66.